The Hall–Kier alpha value is -7.60. The molecule has 0 spiro atoms. The van der Waals surface area contributed by atoms with Crippen molar-refractivity contribution in [3.8, 4) is 22.6 Å². The number of hydrogen-bond acceptors (Lipinski definition) is 8. The van der Waals surface area contributed by atoms with Crippen molar-refractivity contribution in [2.24, 2.45) is 0 Å². The normalized spacial score (nSPS) is 13.7. The molecular formula is C42H30N6O6. The highest BCUT2D eigenvalue weighted by Gasteiger charge is 2.21. The van der Waals surface area contributed by atoms with Crippen LogP contribution >= 0.6 is 0 Å². The van der Waals surface area contributed by atoms with Crippen molar-refractivity contribution >= 4 is 68.4 Å². The molecule has 0 saturated heterocycles. The largest absolute Gasteiger partial charge is 0.483 e. The van der Waals surface area contributed by atoms with Gasteiger partial charge in [0.15, 0.2) is 13.2 Å². The molecule has 0 saturated carbocycles. The van der Waals surface area contributed by atoms with Crippen LogP contribution in [0.1, 0.15) is 20.7 Å². The molecule has 0 aliphatic carbocycles. The molecule has 3 heterocycles. The zero-order valence-corrected chi connectivity index (χ0v) is 28.5. The van der Waals surface area contributed by atoms with Gasteiger partial charge in [-0.1, -0.05) is 78.9 Å². The van der Waals surface area contributed by atoms with Crippen LogP contribution in [-0.2, 0) is 9.59 Å². The number of nitrogens with one attached hydrogen (secondary N) is 4. The molecule has 8 rings (SSSR count). The predicted molar refractivity (Wildman–Crippen MR) is 206 cm³/mol. The SMILES string of the molecule is O=C1COc2ccc3ccccc3c2-c2c(ccc3ccccc23)OCC(=O)Nc2cccc(n2)NC(=O)c2cccc(c2)C(=O)Nc2cccc(n2)N1. The standard InChI is InChI=1S/C42H30N6O6/c49-37-23-53-31-20-18-25-8-1-3-12-29(25)39(31)40-30-13-4-2-9-26(30)19-21-32(40)54-24-38(50)46-34-15-7-17-36(44-34)48-42(52)28-11-5-10-27(22-28)41(51)47-35-16-6-14-33(43-35)45-37/h1-22H,23-24H2,(H2,43,45,47,49,51)(H2,44,46,48,50,52). The van der Waals surface area contributed by atoms with Crippen LogP contribution in [0.15, 0.2) is 133 Å². The predicted octanol–water partition coefficient (Wildman–Crippen LogP) is 7.30. The summed E-state index contributed by atoms with van der Waals surface area (Å²) in [7, 11) is 0. The third-order valence-corrected chi connectivity index (χ3v) is 8.65. The highest BCUT2D eigenvalue weighted by atomic mass is 16.5. The molecule has 2 aromatic heterocycles. The minimum absolute atomic E-state index is 0.183. The average Bonchev–Trinajstić information content (AvgIpc) is 3.19. The number of amides is 4. The van der Waals surface area contributed by atoms with E-state index in [9.17, 15) is 19.2 Å². The molecule has 12 nitrogen and oxygen atoms in total. The lowest BCUT2D eigenvalue weighted by Crippen LogP contribution is -2.22. The lowest BCUT2D eigenvalue weighted by molar-refractivity contribution is -0.118. The Kier molecular flexibility index (Phi) is 9.04. The second kappa shape index (κ2) is 14.6. The number of benzene rings is 5. The summed E-state index contributed by atoms with van der Waals surface area (Å²) in [5.41, 5.74) is 1.75. The van der Waals surface area contributed by atoms with E-state index in [4.69, 9.17) is 9.47 Å². The molecule has 0 atom stereocenters. The smallest absolute Gasteiger partial charge is 0.263 e. The number of carbonyl (C=O) groups is 4. The Morgan fingerprint density at radius 2 is 0.833 bits per heavy atom. The van der Waals surface area contributed by atoms with Crippen LogP contribution in [0.3, 0.4) is 0 Å². The first-order valence-corrected chi connectivity index (χ1v) is 16.9. The van der Waals surface area contributed by atoms with Crippen molar-refractivity contribution < 1.29 is 28.7 Å². The fraction of sp³-hybridized carbons (Fsp3) is 0.0476. The summed E-state index contributed by atoms with van der Waals surface area (Å²) in [4.78, 5) is 61.7. The highest BCUT2D eigenvalue weighted by Crippen LogP contribution is 2.45. The first kappa shape index (κ1) is 33.5. The van der Waals surface area contributed by atoms with Crippen LogP contribution in [-0.4, -0.2) is 46.8 Å². The number of pyridine rings is 2. The molecule has 54 heavy (non-hydrogen) atoms. The molecule has 6 bridgehead atoms. The van der Waals surface area contributed by atoms with E-state index in [1.54, 1.807) is 66.7 Å². The lowest BCUT2D eigenvalue weighted by Gasteiger charge is -2.19. The maximum Gasteiger partial charge on any atom is 0.263 e. The second-order valence-electron chi connectivity index (χ2n) is 12.3. The van der Waals surface area contributed by atoms with Crippen LogP contribution < -0.4 is 30.7 Å². The summed E-state index contributed by atoms with van der Waals surface area (Å²) >= 11 is 0. The topological polar surface area (TPSA) is 161 Å². The van der Waals surface area contributed by atoms with Gasteiger partial charge in [0.05, 0.1) is 0 Å². The maximum absolute atomic E-state index is 13.3. The average molecular weight is 715 g/mol. The van der Waals surface area contributed by atoms with E-state index in [-0.39, 0.29) is 47.6 Å². The molecular weight excluding hydrogens is 684 g/mol. The van der Waals surface area contributed by atoms with E-state index in [2.05, 4.69) is 31.2 Å². The molecule has 264 valence electrons. The van der Waals surface area contributed by atoms with Gasteiger partial charge >= 0.3 is 0 Å². The number of aromatic nitrogens is 2. The van der Waals surface area contributed by atoms with Crippen molar-refractivity contribution in [1.82, 2.24) is 9.97 Å². The zero-order valence-electron chi connectivity index (χ0n) is 28.5. The van der Waals surface area contributed by atoms with E-state index in [1.165, 1.54) is 6.07 Å². The third-order valence-electron chi connectivity index (χ3n) is 8.65. The molecule has 12 heteroatoms. The van der Waals surface area contributed by atoms with Crippen molar-refractivity contribution in [1.29, 1.82) is 0 Å². The lowest BCUT2D eigenvalue weighted by atomic mass is 9.92. The van der Waals surface area contributed by atoms with Crippen LogP contribution in [0.5, 0.6) is 11.5 Å². The van der Waals surface area contributed by atoms with Gasteiger partial charge in [0.25, 0.3) is 23.6 Å². The van der Waals surface area contributed by atoms with Gasteiger partial charge in [-0.05, 0) is 76.1 Å². The molecule has 5 aromatic carbocycles. The quantitative estimate of drug-likeness (QED) is 0.127. The number of anilines is 4. The van der Waals surface area contributed by atoms with Crippen LogP contribution in [0, 0.1) is 0 Å². The molecule has 1 aliphatic rings. The van der Waals surface area contributed by atoms with E-state index in [1.807, 2.05) is 60.7 Å². The molecule has 0 unspecified atom stereocenters. The van der Waals surface area contributed by atoms with Crippen molar-refractivity contribution in [2.75, 3.05) is 34.5 Å². The molecule has 0 fully saturated rings. The van der Waals surface area contributed by atoms with Gasteiger partial charge in [0, 0.05) is 22.3 Å². The Balaban J connectivity index is 1.20. The Labute approximate surface area is 308 Å². The van der Waals surface area contributed by atoms with Crippen molar-refractivity contribution in [3.63, 3.8) is 0 Å². The minimum atomic E-state index is -0.517. The Morgan fingerprint density at radius 3 is 1.30 bits per heavy atom. The number of fused-ring (bicyclic) bond motifs is 13. The minimum Gasteiger partial charge on any atom is -0.483 e. The number of rotatable bonds is 0. The summed E-state index contributed by atoms with van der Waals surface area (Å²) < 4.78 is 12.5. The molecule has 4 amide bonds. The van der Waals surface area contributed by atoms with Gasteiger partial charge in [-0.3, -0.25) is 19.2 Å². The summed E-state index contributed by atoms with van der Waals surface area (Å²) in [5, 5.41) is 14.4. The maximum atomic E-state index is 13.3. The van der Waals surface area contributed by atoms with Gasteiger partial charge < -0.3 is 30.7 Å². The zero-order chi connectivity index (χ0) is 37.0. The fourth-order valence-corrected chi connectivity index (χ4v) is 6.23. The van der Waals surface area contributed by atoms with E-state index in [0.717, 1.165) is 21.5 Å². The number of hydrogen-bond donors (Lipinski definition) is 4. The molecule has 1 aliphatic heterocycles. The first-order valence-electron chi connectivity index (χ1n) is 16.9. The van der Waals surface area contributed by atoms with E-state index < -0.39 is 23.6 Å². The summed E-state index contributed by atoms with van der Waals surface area (Å²) in [6.07, 6.45) is 0. The van der Waals surface area contributed by atoms with Gasteiger partial charge in [-0.25, -0.2) is 9.97 Å². The number of carbonyl (C=O) groups excluding carboxylic acids is 4. The molecule has 7 aromatic rings. The highest BCUT2D eigenvalue weighted by molar-refractivity contribution is 6.11. The monoisotopic (exact) mass is 714 g/mol. The molecule has 0 radical (unpaired) electrons. The van der Waals surface area contributed by atoms with Gasteiger partial charge in [0.2, 0.25) is 0 Å². The summed E-state index contributed by atoms with van der Waals surface area (Å²) in [5.74, 6) is -0.431. The van der Waals surface area contributed by atoms with Gasteiger partial charge in [0.1, 0.15) is 34.8 Å². The van der Waals surface area contributed by atoms with E-state index >= 15 is 0 Å². The van der Waals surface area contributed by atoms with Crippen molar-refractivity contribution in [3.05, 3.63) is 145 Å². The van der Waals surface area contributed by atoms with Crippen molar-refractivity contribution in [2.45, 2.75) is 0 Å². The Bertz CT molecular complexity index is 2450. The van der Waals surface area contributed by atoms with Crippen LogP contribution in [0.2, 0.25) is 0 Å². The third kappa shape index (κ3) is 7.12. The fourth-order valence-electron chi connectivity index (χ4n) is 6.23. The van der Waals surface area contributed by atoms with Crippen LogP contribution in [0.25, 0.3) is 32.7 Å². The number of nitrogens with zero attached hydrogens (tertiary/aromatic N) is 2. The second-order valence-corrected chi connectivity index (χ2v) is 12.3. The summed E-state index contributed by atoms with van der Waals surface area (Å²) in [6.45, 7) is -0.734. The molecule has 4 N–H and O–H groups in total. The van der Waals surface area contributed by atoms with E-state index in [0.29, 0.717) is 22.6 Å². The number of ether oxygens (including phenoxy) is 2. The Morgan fingerprint density at radius 1 is 0.426 bits per heavy atom. The van der Waals surface area contributed by atoms with Crippen LogP contribution in [0.4, 0.5) is 23.3 Å². The van der Waals surface area contributed by atoms with Gasteiger partial charge in [-0.15, -0.1) is 0 Å². The van der Waals surface area contributed by atoms with Gasteiger partial charge in [-0.2, -0.15) is 0 Å². The first-order chi connectivity index (χ1) is 26.4. The summed E-state index contributed by atoms with van der Waals surface area (Å²) in [6, 6.07) is 38.7.